The molecule has 9 heteroatoms. The van der Waals surface area contributed by atoms with E-state index in [0.29, 0.717) is 60.2 Å². The number of halogens is 2. The molecule has 6 N–H and O–H groups in total. The normalized spacial score (nSPS) is 13.5. The van der Waals surface area contributed by atoms with E-state index in [1.807, 2.05) is 53.7 Å². The molecule has 0 spiro atoms. The molecule has 0 aliphatic heterocycles. The summed E-state index contributed by atoms with van der Waals surface area (Å²) in [4.78, 5) is 25.5. The molecular formula is C30H44Cl2N4O3. The lowest BCUT2D eigenvalue weighted by Crippen LogP contribution is -2.43. The summed E-state index contributed by atoms with van der Waals surface area (Å²) in [6, 6.07) is 10.8. The first kappa shape index (κ1) is 32.7. The number of rotatable bonds is 14. The van der Waals surface area contributed by atoms with Crippen LogP contribution in [0.5, 0.6) is 0 Å². The summed E-state index contributed by atoms with van der Waals surface area (Å²) in [5.41, 5.74) is 14.0. The molecule has 0 radical (unpaired) electrons. The van der Waals surface area contributed by atoms with Gasteiger partial charge in [-0.25, -0.2) is 0 Å². The fourth-order valence-corrected chi connectivity index (χ4v) is 5.43. The summed E-state index contributed by atoms with van der Waals surface area (Å²) >= 11 is 11.9. The highest BCUT2D eigenvalue weighted by Crippen LogP contribution is 2.31. The molecule has 2 rings (SSSR count). The molecule has 39 heavy (non-hydrogen) atoms. The van der Waals surface area contributed by atoms with Crippen molar-refractivity contribution in [2.75, 3.05) is 24.6 Å². The average Bonchev–Trinajstić information content (AvgIpc) is 2.80. The molecule has 0 aliphatic carbocycles. The molecule has 2 unspecified atom stereocenters. The number of hydrogen-bond donors (Lipinski definition) is 4. The van der Waals surface area contributed by atoms with Gasteiger partial charge in [0.1, 0.15) is 0 Å². The van der Waals surface area contributed by atoms with Crippen LogP contribution in [0.2, 0.25) is 10.0 Å². The predicted octanol–water partition coefficient (Wildman–Crippen LogP) is 5.80. The van der Waals surface area contributed by atoms with Gasteiger partial charge in [0, 0.05) is 46.3 Å². The van der Waals surface area contributed by atoms with E-state index in [0.717, 1.165) is 11.1 Å². The molecule has 0 aliphatic rings. The first-order valence-electron chi connectivity index (χ1n) is 13.4. The van der Waals surface area contributed by atoms with Gasteiger partial charge in [0.25, 0.3) is 0 Å². The Hall–Kier alpha value is -2.48. The maximum Gasteiger partial charge on any atom is 0.222 e. The fourth-order valence-electron chi connectivity index (χ4n) is 5.07. The Morgan fingerprint density at radius 3 is 1.46 bits per heavy atom. The van der Waals surface area contributed by atoms with Crippen LogP contribution in [-0.2, 0) is 27.2 Å². The van der Waals surface area contributed by atoms with E-state index >= 15 is 0 Å². The van der Waals surface area contributed by atoms with Gasteiger partial charge in [0.15, 0.2) is 0 Å². The van der Waals surface area contributed by atoms with Crippen molar-refractivity contribution in [1.29, 1.82) is 0 Å². The number of carbonyl (C=O) groups is 2. The van der Waals surface area contributed by atoms with Gasteiger partial charge in [0.2, 0.25) is 11.8 Å². The van der Waals surface area contributed by atoms with Crippen molar-refractivity contribution in [1.82, 2.24) is 10.6 Å². The van der Waals surface area contributed by atoms with E-state index in [1.54, 1.807) is 24.3 Å². The Kier molecular flexibility index (Phi) is 12.0. The van der Waals surface area contributed by atoms with Crippen LogP contribution in [0.25, 0.3) is 0 Å². The Balaban J connectivity index is 1.78. The summed E-state index contributed by atoms with van der Waals surface area (Å²) in [5.74, 6) is -0.573. The van der Waals surface area contributed by atoms with Gasteiger partial charge in [-0.15, -0.1) is 0 Å². The monoisotopic (exact) mass is 578 g/mol. The zero-order valence-electron chi connectivity index (χ0n) is 24.0. The van der Waals surface area contributed by atoms with Crippen LogP contribution in [0.1, 0.15) is 65.5 Å². The van der Waals surface area contributed by atoms with Crippen molar-refractivity contribution in [2.45, 2.75) is 78.4 Å². The number of amides is 2. The van der Waals surface area contributed by atoms with Crippen LogP contribution in [0.3, 0.4) is 0 Å². The average molecular weight is 580 g/mol. The molecule has 0 aromatic heterocycles. The van der Waals surface area contributed by atoms with Crippen LogP contribution in [-0.4, -0.2) is 36.1 Å². The van der Waals surface area contributed by atoms with Gasteiger partial charge in [-0.2, -0.15) is 0 Å². The van der Waals surface area contributed by atoms with Gasteiger partial charge in [0.05, 0.1) is 11.2 Å². The van der Waals surface area contributed by atoms with E-state index in [4.69, 9.17) is 39.4 Å². The van der Waals surface area contributed by atoms with E-state index in [2.05, 4.69) is 10.6 Å². The highest BCUT2D eigenvalue weighted by molar-refractivity contribution is 6.31. The molecule has 2 amide bonds. The number of benzene rings is 2. The predicted molar refractivity (Wildman–Crippen MR) is 162 cm³/mol. The number of nitrogens with one attached hydrogen (secondary N) is 2. The minimum atomic E-state index is -0.566. The lowest BCUT2D eigenvalue weighted by Gasteiger charge is -2.38. The summed E-state index contributed by atoms with van der Waals surface area (Å²) < 4.78 is 6.45. The van der Waals surface area contributed by atoms with Crippen LogP contribution in [0.15, 0.2) is 36.4 Å². The number of nitrogens with two attached hydrogens (primary N) is 2. The second-order valence-corrected chi connectivity index (χ2v) is 12.5. The Morgan fingerprint density at radius 1 is 0.769 bits per heavy atom. The number of ether oxygens (including phenoxy) is 1. The molecule has 0 fully saturated rings. The maximum atomic E-state index is 12.7. The largest absolute Gasteiger partial charge is 0.398 e. The van der Waals surface area contributed by atoms with E-state index in [1.165, 1.54) is 0 Å². The molecule has 2 aromatic rings. The zero-order valence-corrected chi connectivity index (χ0v) is 25.5. The van der Waals surface area contributed by atoms with Crippen LogP contribution in [0.4, 0.5) is 11.4 Å². The van der Waals surface area contributed by atoms with E-state index < -0.39 is 11.2 Å². The second-order valence-electron chi connectivity index (χ2n) is 11.6. The first-order chi connectivity index (χ1) is 18.1. The lowest BCUT2D eigenvalue weighted by molar-refractivity contribution is -0.150. The van der Waals surface area contributed by atoms with Crippen LogP contribution < -0.4 is 22.1 Å². The molecule has 0 saturated carbocycles. The number of carbonyl (C=O) groups excluding carboxylic acids is 2. The van der Waals surface area contributed by atoms with Gasteiger partial charge in [-0.1, -0.05) is 49.2 Å². The quantitative estimate of drug-likeness (QED) is 0.211. The van der Waals surface area contributed by atoms with Crippen LogP contribution in [0, 0.1) is 11.8 Å². The molecule has 0 saturated heterocycles. The maximum absolute atomic E-state index is 12.7. The van der Waals surface area contributed by atoms with Gasteiger partial charge < -0.3 is 26.8 Å². The molecule has 7 nitrogen and oxygen atoms in total. The molecular weight excluding hydrogens is 535 g/mol. The summed E-state index contributed by atoms with van der Waals surface area (Å²) in [6.07, 6.45) is 2.33. The van der Waals surface area contributed by atoms with E-state index in [-0.39, 0.29) is 23.7 Å². The van der Waals surface area contributed by atoms with Crippen molar-refractivity contribution in [3.05, 3.63) is 57.6 Å². The van der Waals surface area contributed by atoms with E-state index in [9.17, 15) is 9.59 Å². The minimum absolute atomic E-state index is 0.0360. The third kappa shape index (κ3) is 11.3. The highest BCUT2D eigenvalue weighted by atomic mass is 35.5. The van der Waals surface area contributed by atoms with Crippen molar-refractivity contribution < 1.29 is 14.3 Å². The minimum Gasteiger partial charge on any atom is -0.398 e. The topological polar surface area (TPSA) is 119 Å². The highest BCUT2D eigenvalue weighted by Gasteiger charge is 2.34. The first-order valence-corrected chi connectivity index (χ1v) is 14.2. The van der Waals surface area contributed by atoms with Gasteiger partial charge >= 0.3 is 0 Å². The SMILES string of the molecule is CC(CC(C)(C)OC(C)(C)CC(C)C(=O)NCCc1ccc(Cl)cc1N)C(=O)NCCc1ccc(Cl)cc1N. The summed E-state index contributed by atoms with van der Waals surface area (Å²) in [7, 11) is 0. The second kappa shape index (κ2) is 14.2. The Labute approximate surface area is 243 Å². The third-order valence-corrected chi connectivity index (χ3v) is 7.12. The Bertz CT molecular complexity index is 1050. The Morgan fingerprint density at radius 2 is 1.13 bits per heavy atom. The molecule has 2 atom stereocenters. The molecule has 2 aromatic carbocycles. The van der Waals surface area contributed by atoms with Crippen molar-refractivity contribution >= 4 is 46.4 Å². The van der Waals surface area contributed by atoms with Crippen molar-refractivity contribution in [3.63, 3.8) is 0 Å². The lowest BCUT2D eigenvalue weighted by atomic mass is 9.90. The standard InChI is InChI=1S/C30H44Cl2N4O3/c1-19(27(37)35-13-11-21-7-9-23(31)15-25(21)33)17-29(3,4)39-30(5,6)18-20(2)28(38)36-14-12-22-8-10-24(32)16-26(22)34/h7-10,15-16,19-20H,11-14,17-18,33-34H2,1-6H3,(H,35,37)(H,36,38). The van der Waals surface area contributed by atoms with Gasteiger partial charge in [-0.05, 0) is 88.8 Å². The summed E-state index contributed by atoms with van der Waals surface area (Å²) in [6.45, 7) is 12.7. The third-order valence-electron chi connectivity index (χ3n) is 6.65. The fraction of sp³-hybridized carbons (Fsp3) is 0.533. The van der Waals surface area contributed by atoms with Crippen molar-refractivity contribution in [3.8, 4) is 0 Å². The zero-order chi connectivity index (χ0) is 29.4. The van der Waals surface area contributed by atoms with Crippen molar-refractivity contribution in [2.24, 2.45) is 11.8 Å². The molecule has 0 heterocycles. The number of nitrogen functional groups attached to an aromatic ring is 2. The smallest absolute Gasteiger partial charge is 0.222 e. The molecule has 0 bridgehead atoms. The summed E-state index contributed by atoms with van der Waals surface area (Å²) in [5, 5.41) is 7.17. The van der Waals surface area contributed by atoms with Crippen LogP contribution >= 0.6 is 23.2 Å². The number of hydrogen-bond acceptors (Lipinski definition) is 5. The van der Waals surface area contributed by atoms with Gasteiger partial charge in [-0.3, -0.25) is 9.59 Å². The number of anilines is 2. The molecule has 216 valence electrons.